The largest absolute Gasteiger partial charge is 0.461 e. The summed E-state index contributed by atoms with van der Waals surface area (Å²) >= 11 is 0. The zero-order chi connectivity index (χ0) is 21.9. The van der Waals surface area contributed by atoms with Crippen LogP contribution in [0.1, 0.15) is 88.5 Å². The van der Waals surface area contributed by atoms with Gasteiger partial charge in [-0.25, -0.2) is 0 Å². The van der Waals surface area contributed by atoms with Gasteiger partial charge in [-0.15, -0.1) is 0 Å². The lowest BCUT2D eigenvalue weighted by molar-refractivity contribution is -0.143. The van der Waals surface area contributed by atoms with Gasteiger partial charge in [-0.1, -0.05) is 65.7 Å². The molecule has 0 aromatic carbocycles. The Labute approximate surface area is 176 Å². The Morgan fingerprint density at radius 3 is 1.89 bits per heavy atom. The van der Waals surface area contributed by atoms with Crippen LogP contribution in [0.15, 0.2) is 23.3 Å². The third kappa shape index (κ3) is 9.55. The van der Waals surface area contributed by atoms with E-state index in [1.165, 1.54) is 11.1 Å². The van der Waals surface area contributed by atoms with Gasteiger partial charge < -0.3 is 9.16 Å². The van der Waals surface area contributed by atoms with E-state index in [-0.39, 0.29) is 11.9 Å². The molecule has 0 aliphatic carbocycles. The molecule has 0 heterocycles. The molecule has 0 fully saturated rings. The summed E-state index contributed by atoms with van der Waals surface area (Å²) in [5, 5.41) is 0. The first-order valence-electron chi connectivity index (χ1n) is 11.0. The molecule has 0 aromatic heterocycles. The van der Waals surface area contributed by atoms with Crippen molar-refractivity contribution in [1.82, 2.24) is 0 Å². The predicted octanol–water partition coefficient (Wildman–Crippen LogP) is 7.44. The van der Waals surface area contributed by atoms with Crippen molar-refractivity contribution >= 4 is 14.3 Å². The molecular weight excluding hydrogens is 364 g/mol. The number of hydrogen-bond donors (Lipinski definition) is 0. The van der Waals surface area contributed by atoms with Gasteiger partial charge >= 0.3 is 5.97 Å². The number of hydrogen-bond acceptors (Lipinski definition) is 3. The molecule has 0 radical (unpaired) electrons. The molecule has 164 valence electrons. The van der Waals surface area contributed by atoms with E-state index < -0.39 is 8.32 Å². The van der Waals surface area contributed by atoms with Crippen molar-refractivity contribution in [2.24, 2.45) is 5.92 Å². The van der Waals surface area contributed by atoms with Gasteiger partial charge in [0.05, 0.1) is 6.42 Å². The highest BCUT2D eigenvalue weighted by atomic mass is 28.4. The van der Waals surface area contributed by atoms with Crippen LogP contribution < -0.4 is 0 Å². The van der Waals surface area contributed by atoms with Crippen molar-refractivity contribution in [3.63, 3.8) is 0 Å². The maximum absolute atomic E-state index is 12.2. The van der Waals surface area contributed by atoms with E-state index in [0.29, 0.717) is 36.3 Å². The van der Waals surface area contributed by atoms with Crippen LogP contribution >= 0.6 is 0 Å². The van der Waals surface area contributed by atoms with E-state index in [2.05, 4.69) is 75.3 Å². The standard InChI is InChI=1S/C24H46O3Si/c1-18(2)12-11-13-22(9)14-15-26-24(25)16-23(10)17-27-28(19(3)4,20(5)6)21(7)8/h12,14,19-21,23H,11,13,15-17H2,1-10H3/b22-14-/t23-/m0/s1. The Morgan fingerprint density at radius 2 is 1.43 bits per heavy atom. The number of allylic oxidation sites excluding steroid dienone is 3. The summed E-state index contributed by atoms with van der Waals surface area (Å²) in [7, 11) is -1.87. The number of rotatable bonds is 13. The van der Waals surface area contributed by atoms with Crippen LogP contribution in [0.4, 0.5) is 0 Å². The minimum Gasteiger partial charge on any atom is -0.461 e. The molecule has 0 amide bonds. The molecule has 0 N–H and O–H groups in total. The highest BCUT2D eigenvalue weighted by Gasteiger charge is 2.45. The molecule has 0 aromatic rings. The average Bonchev–Trinajstić information content (AvgIpc) is 2.53. The molecular formula is C24H46O3Si. The van der Waals surface area contributed by atoms with Gasteiger partial charge in [0.1, 0.15) is 6.61 Å². The van der Waals surface area contributed by atoms with Gasteiger partial charge in [-0.2, -0.15) is 0 Å². The minimum absolute atomic E-state index is 0.129. The number of esters is 1. The third-order valence-electron chi connectivity index (χ3n) is 5.61. The zero-order valence-electron chi connectivity index (χ0n) is 20.2. The first-order chi connectivity index (χ1) is 12.9. The Morgan fingerprint density at radius 1 is 0.893 bits per heavy atom. The molecule has 0 aliphatic rings. The highest BCUT2D eigenvalue weighted by molar-refractivity contribution is 6.77. The van der Waals surface area contributed by atoms with Crippen molar-refractivity contribution in [2.45, 2.75) is 105 Å². The van der Waals surface area contributed by atoms with Crippen molar-refractivity contribution in [3.8, 4) is 0 Å². The molecule has 0 saturated heterocycles. The van der Waals surface area contributed by atoms with Crippen LogP contribution in [0.25, 0.3) is 0 Å². The summed E-state index contributed by atoms with van der Waals surface area (Å²) in [5.41, 5.74) is 4.29. The van der Waals surface area contributed by atoms with Gasteiger partial charge in [-0.05, 0) is 62.2 Å². The van der Waals surface area contributed by atoms with Crippen LogP contribution in [0.5, 0.6) is 0 Å². The smallest absolute Gasteiger partial charge is 0.306 e. The molecule has 0 saturated carbocycles. The summed E-state index contributed by atoms with van der Waals surface area (Å²) in [5.74, 6) is 0.0497. The highest BCUT2D eigenvalue weighted by Crippen LogP contribution is 2.42. The monoisotopic (exact) mass is 410 g/mol. The van der Waals surface area contributed by atoms with E-state index in [9.17, 15) is 4.79 Å². The summed E-state index contributed by atoms with van der Waals surface area (Å²) in [6.45, 7) is 23.2. The van der Waals surface area contributed by atoms with Crippen molar-refractivity contribution in [3.05, 3.63) is 23.3 Å². The van der Waals surface area contributed by atoms with Crippen LogP contribution in [0, 0.1) is 5.92 Å². The molecule has 0 spiro atoms. The molecule has 0 bridgehead atoms. The Kier molecular flexibility index (Phi) is 13.0. The summed E-state index contributed by atoms with van der Waals surface area (Å²) in [4.78, 5) is 12.2. The van der Waals surface area contributed by atoms with Gasteiger partial charge in [0.2, 0.25) is 0 Å². The summed E-state index contributed by atoms with van der Waals surface area (Å²) in [6.07, 6.45) is 6.73. The normalized spacial score (nSPS) is 14.0. The molecule has 1 atom stereocenters. The number of ether oxygens (including phenoxy) is 1. The van der Waals surface area contributed by atoms with E-state index >= 15 is 0 Å². The topological polar surface area (TPSA) is 35.5 Å². The number of carbonyl (C=O) groups excluding carboxylic acids is 1. The predicted molar refractivity (Wildman–Crippen MR) is 124 cm³/mol. The molecule has 28 heavy (non-hydrogen) atoms. The third-order valence-corrected chi connectivity index (χ3v) is 11.7. The average molecular weight is 411 g/mol. The fourth-order valence-corrected chi connectivity index (χ4v) is 9.73. The summed E-state index contributed by atoms with van der Waals surface area (Å²) < 4.78 is 12.0. The van der Waals surface area contributed by atoms with Crippen LogP contribution in [-0.4, -0.2) is 27.5 Å². The molecule has 0 unspecified atom stereocenters. The van der Waals surface area contributed by atoms with Gasteiger partial charge in [0.15, 0.2) is 8.32 Å². The SMILES string of the molecule is CC(C)=CCC/C(C)=C\COC(=O)C[C@H](C)CO[Si](C(C)C)(C(C)C)C(C)C. The lowest BCUT2D eigenvalue weighted by Gasteiger charge is -2.42. The van der Waals surface area contributed by atoms with Crippen molar-refractivity contribution in [1.29, 1.82) is 0 Å². The van der Waals surface area contributed by atoms with E-state index in [4.69, 9.17) is 9.16 Å². The lowest BCUT2D eigenvalue weighted by atomic mass is 10.1. The van der Waals surface area contributed by atoms with Crippen molar-refractivity contribution < 1.29 is 14.0 Å². The number of carbonyl (C=O) groups is 1. The maximum Gasteiger partial charge on any atom is 0.306 e. The first-order valence-corrected chi connectivity index (χ1v) is 13.2. The Hall–Kier alpha value is -0.873. The molecule has 3 nitrogen and oxygen atoms in total. The molecule has 4 heteroatoms. The van der Waals surface area contributed by atoms with Crippen LogP contribution in [-0.2, 0) is 14.0 Å². The van der Waals surface area contributed by atoms with Crippen molar-refractivity contribution in [2.75, 3.05) is 13.2 Å². The maximum atomic E-state index is 12.2. The quantitative estimate of drug-likeness (QED) is 0.180. The lowest BCUT2D eigenvalue weighted by Crippen LogP contribution is -2.48. The van der Waals surface area contributed by atoms with Gasteiger partial charge in [-0.3, -0.25) is 4.79 Å². The first kappa shape index (κ1) is 27.1. The minimum atomic E-state index is -1.87. The van der Waals surface area contributed by atoms with E-state index in [1.54, 1.807) is 0 Å². The molecule has 0 aliphatic heterocycles. The zero-order valence-corrected chi connectivity index (χ0v) is 21.2. The van der Waals surface area contributed by atoms with E-state index in [1.807, 2.05) is 6.08 Å². The Bertz CT molecular complexity index is 492. The second kappa shape index (κ2) is 13.4. The second-order valence-electron chi connectivity index (χ2n) is 9.49. The summed E-state index contributed by atoms with van der Waals surface area (Å²) in [6, 6.07) is 0. The second-order valence-corrected chi connectivity index (χ2v) is 15.0. The molecule has 0 rings (SSSR count). The Balaban J connectivity index is 4.46. The van der Waals surface area contributed by atoms with Gasteiger partial charge in [0, 0.05) is 6.61 Å². The fourth-order valence-electron chi connectivity index (χ4n) is 4.16. The van der Waals surface area contributed by atoms with Crippen LogP contribution in [0.2, 0.25) is 16.6 Å². The van der Waals surface area contributed by atoms with Crippen LogP contribution in [0.3, 0.4) is 0 Å². The van der Waals surface area contributed by atoms with Gasteiger partial charge in [0.25, 0.3) is 0 Å². The fraction of sp³-hybridized carbons (Fsp3) is 0.792. The van der Waals surface area contributed by atoms with E-state index in [0.717, 1.165) is 12.8 Å².